The van der Waals surface area contributed by atoms with Gasteiger partial charge in [-0.25, -0.2) is 4.98 Å². The minimum atomic E-state index is 0.126. The van der Waals surface area contributed by atoms with E-state index in [1.165, 1.54) is 25.7 Å². The molecule has 1 aromatic heterocycles. The van der Waals surface area contributed by atoms with Crippen molar-refractivity contribution in [3.05, 3.63) is 23.4 Å². The van der Waals surface area contributed by atoms with Gasteiger partial charge in [0.05, 0.1) is 5.56 Å². The zero-order chi connectivity index (χ0) is 14.7. The molecule has 2 rings (SSSR count). The van der Waals surface area contributed by atoms with Gasteiger partial charge in [-0.15, -0.1) is 0 Å². The fraction of sp³-hybridized carbons (Fsp3) is 0.600. The van der Waals surface area contributed by atoms with Crippen LogP contribution in [0.4, 0.5) is 5.82 Å². The van der Waals surface area contributed by atoms with Gasteiger partial charge in [0.15, 0.2) is 5.84 Å². The standard InChI is InChI=1S/C15H24N4O/c1-10-5-4-6-12(9-10)19(3)15-13(14(16)18-20)11(2)7-8-17-15/h7-8,10,12,20H,4-6,9H2,1-3H3,(H2,16,18). The molecule has 0 radical (unpaired) electrons. The number of nitrogens with zero attached hydrogens (tertiary/aromatic N) is 3. The first-order valence-electron chi connectivity index (χ1n) is 7.21. The molecule has 5 nitrogen and oxygen atoms in total. The van der Waals surface area contributed by atoms with Gasteiger partial charge in [0.2, 0.25) is 0 Å². The number of amidine groups is 1. The molecule has 1 fully saturated rings. The Morgan fingerprint density at radius 3 is 2.90 bits per heavy atom. The van der Waals surface area contributed by atoms with Crippen molar-refractivity contribution in [3.8, 4) is 0 Å². The Kier molecular flexibility index (Phi) is 4.47. The highest BCUT2D eigenvalue weighted by Gasteiger charge is 2.25. The zero-order valence-electron chi connectivity index (χ0n) is 12.5. The predicted molar refractivity (Wildman–Crippen MR) is 81.3 cm³/mol. The summed E-state index contributed by atoms with van der Waals surface area (Å²) in [6.07, 6.45) is 6.68. The first-order chi connectivity index (χ1) is 9.54. The topological polar surface area (TPSA) is 74.7 Å². The van der Waals surface area contributed by atoms with E-state index in [9.17, 15) is 0 Å². The minimum absolute atomic E-state index is 0.126. The zero-order valence-corrected chi connectivity index (χ0v) is 12.5. The maximum absolute atomic E-state index is 8.99. The molecule has 5 heteroatoms. The molecule has 0 saturated heterocycles. The Bertz CT molecular complexity index is 501. The monoisotopic (exact) mass is 276 g/mol. The van der Waals surface area contributed by atoms with E-state index < -0.39 is 0 Å². The van der Waals surface area contributed by atoms with Crippen LogP contribution in [0.2, 0.25) is 0 Å². The van der Waals surface area contributed by atoms with Gasteiger partial charge in [0.1, 0.15) is 5.82 Å². The van der Waals surface area contributed by atoms with Crippen LogP contribution in [-0.2, 0) is 0 Å². The summed E-state index contributed by atoms with van der Waals surface area (Å²) >= 11 is 0. The summed E-state index contributed by atoms with van der Waals surface area (Å²) in [5.41, 5.74) is 7.53. The van der Waals surface area contributed by atoms with Crippen molar-refractivity contribution >= 4 is 11.7 Å². The van der Waals surface area contributed by atoms with Crippen LogP contribution in [0.1, 0.15) is 43.7 Å². The third-order valence-electron chi connectivity index (χ3n) is 4.29. The number of nitrogens with two attached hydrogens (primary N) is 1. The fourth-order valence-electron chi connectivity index (χ4n) is 3.10. The molecule has 0 bridgehead atoms. The summed E-state index contributed by atoms with van der Waals surface area (Å²) in [5, 5.41) is 12.1. The van der Waals surface area contributed by atoms with Crippen molar-refractivity contribution in [1.82, 2.24) is 4.98 Å². The molecule has 1 aromatic rings. The number of anilines is 1. The first kappa shape index (κ1) is 14.6. The van der Waals surface area contributed by atoms with Crippen molar-refractivity contribution in [2.75, 3.05) is 11.9 Å². The summed E-state index contributed by atoms with van der Waals surface area (Å²) in [7, 11) is 2.05. The molecule has 20 heavy (non-hydrogen) atoms. The summed E-state index contributed by atoms with van der Waals surface area (Å²) in [5.74, 6) is 1.68. The van der Waals surface area contributed by atoms with E-state index in [-0.39, 0.29) is 5.84 Å². The SMILES string of the molecule is Cc1ccnc(N(C)C2CCCC(C)C2)c1/C(N)=N/O. The number of hydrogen-bond acceptors (Lipinski definition) is 4. The second kappa shape index (κ2) is 6.11. The van der Waals surface area contributed by atoms with Crippen LogP contribution >= 0.6 is 0 Å². The summed E-state index contributed by atoms with van der Waals surface area (Å²) in [6, 6.07) is 2.35. The normalized spacial score (nSPS) is 23.6. The lowest BCUT2D eigenvalue weighted by Crippen LogP contribution is -2.37. The third kappa shape index (κ3) is 2.86. The Morgan fingerprint density at radius 1 is 1.50 bits per heavy atom. The predicted octanol–water partition coefficient (Wildman–Crippen LogP) is 2.50. The summed E-state index contributed by atoms with van der Waals surface area (Å²) in [4.78, 5) is 6.65. The molecule has 2 atom stereocenters. The quantitative estimate of drug-likeness (QED) is 0.385. The Morgan fingerprint density at radius 2 is 2.25 bits per heavy atom. The smallest absolute Gasteiger partial charge is 0.174 e. The lowest BCUT2D eigenvalue weighted by Gasteiger charge is -2.35. The van der Waals surface area contributed by atoms with E-state index in [0.717, 1.165) is 22.9 Å². The molecule has 1 aliphatic carbocycles. The van der Waals surface area contributed by atoms with Crippen molar-refractivity contribution in [2.24, 2.45) is 16.8 Å². The molecule has 0 aliphatic heterocycles. The highest BCUT2D eigenvalue weighted by atomic mass is 16.4. The lowest BCUT2D eigenvalue weighted by atomic mass is 9.86. The molecule has 0 aromatic carbocycles. The van der Waals surface area contributed by atoms with Crippen LogP contribution in [0.15, 0.2) is 17.4 Å². The average molecular weight is 276 g/mol. The molecular weight excluding hydrogens is 252 g/mol. The first-order valence-corrected chi connectivity index (χ1v) is 7.21. The molecule has 3 N–H and O–H groups in total. The van der Waals surface area contributed by atoms with E-state index in [0.29, 0.717) is 6.04 Å². The number of pyridine rings is 1. The van der Waals surface area contributed by atoms with E-state index in [1.54, 1.807) is 6.20 Å². The van der Waals surface area contributed by atoms with Crippen LogP contribution in [0, 0.1) is 12.8 Å². The Hall–Kier alpha value is -1.78. The van der Waals surface area contributed by atoms with Crippen LogP contribution < -0.4 is 10.6 Å². The average Bonchev–Trinajstić information content (AvgIpc) is 2.45. The number of aryl methyl sites for hydroxylation is 1. The molecule has 110 valence electrons. The molecule has 0 amide bonds. The van der Waals surface area contributed by atoms with Crippen LogP contribution in [-0.4, -0.2) is 29.1 Å². The van der Waals surface area contributed by atoms with Gasteiger partial charge in [-0.3, -0.25) is 0 Å². The maximum Gasteiger partial charge on any atom is 0.174 e. The lowest BCUT2D eigenvalue weighted by molar-refractivity contribution is 0.318. The molecule has 1 heterocycles. The van der Waals surface area contributed by atoms with E-state index in [4.69, 9.17) is 10.9 Å². The van der Waals surface area contributed by atoms with Crippen molar-refractivity contribution in [2.45, 2.75) is 45.6 Å². The van der Waals surface area contributed by atoms with E-state index >= 15 is 0 Å². The molecule has 1 saturated carbocycles. The van der Waals surface area contributed by atoms with Crippen LogP contribution in [0.5, 0.6) is 0 Å². The van der Waals surface area contributed by atoms with Crippen molar-refractivity contribution in [1.29, 1.82) is 0 Å². The second-order valence-electron chi connectivity index (χ2n) is 5.85. The van der Waals surface area contributed by atoms with Gasteiger partial charge >= 0.3 is 0 Å². The second-order valence-corrected chi connectivity index (χ2v) is 5.85. The van der Waals surface area contributed by atoms with Gasteiger partial charge in [-0.1, -0.05) is 24.9 Å². The van der Waals surface area contributed by atoms with Crippen LogP contribution in [0.25, 0.3) is 0 Å². The number of hydrogen-bond donors (Lipinski definition) is 2. The Balaban J connectivity index is 2.34. The number of rotatable bonds is 3. The van der Waals surface area contributed by atoms with E-state index in [1.807, 2.05) is 13.0 Å². The van der Waals surface area contributed by atoms with Crippen molar-refractivity contribution in [3.63, 3.8) is 0 Å². The van der Waals surface area contributed by atoms with Crippen molar-refractivity contribution < 1.29 is 5.21 Å². The van der Waals surface area contributed by atoms with Gasteiger partial charge in [-0.05, 0) is 37.3 Å². The maximum atomic E-state index is 8.99. The minimum Gasteiger partial charge on any atom is -0.409 e. The third-order valence-corrected chi connectivity index (χ3v) is 4.29. The largest absolute Gasteiger partial charge is 0.409 e. The van der Waals surface area contributed by atoms with Gasteiger partial charge in [0.25, 0.3) is 0 Å². The number of oxime groups is 1. The molecule has 2 unspecified atom stereocenters. The molecule has 1 aliphatic rings. The highest BCUT2D eigenvalue weighted by molar-refractivity contribution is 6.02. The molecular formula is C15H24N4O. The fourth-order valence-corrected chi connectivity index (χ4v) is 3.10. The summed E-state index contributed by atoms with van der Waals surface area (Å²) in [6.45, 7) is 4.25. The highest BCUT2D eigenvalue weighted by Crippen LogP contribution is 2.30. The van der Waals surface area contributed by atoms with Gasteiger partial charge in [-0.2, -0.15) is 0 Å². The van der Waals surface area contributed by atoms with Gasteiger partial charge in [0, 0.05) is 19.3 Å². The summed E-state index contributed by atoms with van der Waals surface area (Å²) < 4.78 is 0. The Labute approximate surface area is 120 Å². The van der Waals surface area contributed by atoms with Crippen LogP contribution in [0.3, 0.4) is 0 Å². The van der Waals surface area contributed by atoms with E-state index in [2.05, 4.69) is 29.0 Å². The van der Waals surface area contributed by atoms with Gasteiger partial charge < -0.3 is 15.8 Å². The number of aromatic nitrogens is 1. The molecule has 0 spiro atoms.